The van der Waals surface area contributed by atoms with Crippen LogP contribution in [0.25, 0.3) is 10.9 Å². The molecule has 0 amide bonds. The number of nitrogens with zero attached hydrogens (tertiary/aromatic N) is 2. The number of hydrogen-bond acceptors (Lipinski definition) is 3. The lowest BCUT2D eigenvalue weighted by Crippen LogP contribution is -1.93. The van der Waals surface area contributed by atoms with Crippen LogP contribution in [0.4, 0.5) is 0 Å². The summed E-state index contributed by atoms with van der Waals surface area (Å²) in [5.41, 5.74) is 0.742. The lowest BCUT2D eigenvalue weighted by atomic mass is 10.3. The van der Waals surface area contributed by atoms with Crippen LogP contribution in [0, 0.1) is 0 Å². The van der Waals surface area contributed by atoms with Crippen molar-refractivity contribution < 1.29 is 8.42 Å². The maximum atomic E-state index is 11.0. The van der Waals surface area contributed by atoms with E-state index < -0.39 is 9.05 Å². The third-order valence-electron chi connectivity index (χ3n) is 2.00. The SMILES string of the molecule is Cn1ncc2ccc(S(=O)(=O)Cl)cc21. The van der Waals surface area contributed by atoms with Gasteiger partial charge in [-0.15, -0.1) is 0 Å². The fourth-order valence-electron chi connectivity index (χ4n) is 1.28. The first-order valence-electron chi connectivity index (χ1n) is 3.85. The average Bonchev–Trinajstić information content (AvgIpc) is 2.46. The molecule has 0 N–H and O–H groups in total. The van der Waals surface area contributed by atoms with Crippen LogP contribution in [0.1, 0.15) is 0 Å². The molecule has 1 aromatic heterocycles. The second-order valence-corrected chi connectivity index (χ2v) is 5.49. The summed E-state index contributed by atoms with van der Waals surface area (Å²) in [6, 6.07) is 4.65. The molecule has 0 radical (unpaired) electrons. The molecule has 0 saturated carbocycles. The molecule has 1 aromatic carbocycles. The van der Waals surface area contributed by atoms with Gasteiger partial charge in [-0.05, 0) is 18.2 Å². The summed E-state index contributed by atoms with van der Waals surface area (Å²) in [4.78, 5) is 0.0928. The summed E-state index contributed by atoms with van der Waals surface area (Å²) in [6.07, 6.45) is 1.67. The van der Waals surface area contributed by atoms with Crippen LogP contribution < -0.4 is 0 Å². The lowest BCUT2D eigenvalue weighted by molar-refractivity contribution is 0.609. The van der Waals surface area contributed by atoms with Gasteiger partial charge in [-0.2, -0.15) is 5.10 Å². The Kier molecular flexibility index (Phi) is 2.01. The summed E-state index contributed by atoms with van der Waals surface area (Å²) < 4.78 is 23.7. The molecule has 0 aliphatic carbocycles. The molecule has 0 bridgehead atoms. The van der Waals surface area contributed by atoms with E-state index in [-0.39, 0.29) is 4.90 Å². The predicted molar refractivity (Wildman–Crippen MR) is 53.8 cm³/mol. The molecule has 1 heterocycles. The number of fused-ring (bicyclic) bond motifs is 1. The van der Waals surface area contributed by atoms with E-state index in [4.69, 9.17) is 10.7 Å². The van der Waals surface area contributed by atoms with E-state index in [2.05, 4.69) is 5.10 Å². The number of aryl methyl sites for hydroxylation is 1. The average molecular weight is 231 g/mol. The van der Waals surface area contributed by atoms with Crippen LogP contribution in [-0.4, -0.2) is 18.2 Å². The van der Waals surface area contributed by atoms with Gasteiger partial charge in [-0.25, -0.2) is 8.42 Å². The van der Waals surface area contributed by atoms with Gasteiger partial charge in [0, 0.05) is 23.1 Å². The topological polar surface area (TPSA) is 52.0 Å². The van der Waals surface area contributed by atoms with Gasteiger partial charge in [0.1, 0.15) is 0 Å². The quantitative estimate of drug-likeness (QED) is 0.698. The summed E-state index contributed by atoms with van der Waals surface area (Å²) in [7, 11) is 3.31. The Balaban J connectivity index is 2.79. The molecule has 0 aliphatic heterocycles. The van der Waals surface area contributed by atoms with Crippen LogP contribution in [0.5, 0.6) is 0 Å². The minimum Gasteiger partial charge on any atom is -0.268 e. The first-order valence-corrected chi connectivity index (χ1v) is 6.16. The molecule has 2 aromatic rings. The van der Waals surface area contributed by atoms with E-state index in [0.29, 0.717) is 0 Å². The molecule has 74 valence electrons. The Labute approximate surface area is 85.5 Å². The highest BCUT2D eigenvalue weighted by molar-refractivity contribution is 8.13. The van der Waals surface area contributed by atoms with Crippen molar-refractivity contribution >= 4 is 30.6 Å². The van der Waals surface area contributed by atoms with Crippen molar-refractivity contribution in [3.63, 3.8) is 0 Å². The van der Waals surface area contributed by atoms with E-state index in [0.717, 1.165) is 10.9 Å². The molecule has 0 atom stereocenters. The van der Waals surface area contributed by atoms with E-state index in [9.17, 15) is 8.42 Å². The lowest BCUT2D eigenvalue weighted by Gasteiger charge is -1.97. The smallest absolute Gasteiger partial charge is 0.261 e. The molecule has 14 heavy (non-hydrogen) atoms. The van der Waals surface area contributed by atoms with E-state index in [1.807, 2.05) is 0 Å². The van der Waals surface area contributed by atoms with Gasteiger partial charge in [-0.1, -0.05) is 0 Å². The zero-order valence-corrected chi connectivity index (χ0v) is 8.88. The van der Waals surface area contributed by atoms with Gasteiger partial charge in [0.2, 0.25) is 0 Å². The van der Waals surface area contributed by atoms with Crippen molar-refractivity contribution in [1.82, 2.24) is 9.78 Å². The highest BCUT2D eigenvalue weighted by atomic mass is 35.7. The second-order valence-electron chi connectivity index (χ2n) is 2.93. The fraction of sp³-hybridized carbons (Fsp3) is 0.125. The van der Waals surface area contributed by atoms with Crippen LogP contribution in [0.2, 0.25) is 0 Å². The Bertz CT molecular complexity index is 588. The van der Waals surface area contributed by atoms with Crippen molar-refractivity contribution in [2.24, 2.45) is 7.05 Å². The van der Waals surface area contributed by atoms with Crippen LogP contribution in [0.3, 0.4) is 0 Å². The van der Waals surface area contributed by atoms with Crippen LogP contribution in [0.15, 0.2) is 29.3 Å². The molecule has 0 unspecified atom stereocenters. The van der Waals surface area contributed by atoms with E-state index in [1.54, 1.807) is 24.0 Å². The standard InChI is InChI=1S/C8H7ClN2O2S/c1-11-8-4-7(14(9,12)13)3-2-6(8)5-10-11/h2-5H,1H3. The van der Waals surface area contributed by atoms with Crippen molar-refractivity contribution in [3.8, 4) is 0 Å². The maximum absolute atomic E-state index is 11.0. The summed E-state index contributed by atoms with van der Waals surface area (Å²) in [6.45, 7) is 0. The Morgan fingerprint density at radius 2 is 2.14 bits per heavy atom. The number of benzene rings is 1. The van der Waals surface area contributed by atoms with Crippen LogP contribution >= 0.6 is 10.7 Å². The molecule has 0 spiro atoms. The number of rotatable bonds is 1. The zero-order valence-electron chi connectivity index (χ0n) is 7.31. The Morgan fingerprint density at radius 1 is 1.43 bits per heavy atom. The molecular formula is C8H7ClN2O2S. The summed E-state index contributed by atoms with van der Waals surface area (Å²) >= 11 is 0. The Hall–Kier alpha value is -1.07. The Morgan fingerprint density at radius 3 is 2.79 bits per heavy atom. The third-order valence-corrected chi connectivity index (χ3v) is 3.35. The fourth-order valence-corrected chi connectivity index (χ4v) is 2.05. The van der Waals surface area contributed by atoms with E-state index >= 15 is 0 Å². The summed E-state index contributed by atoms with van der Waals surface area (Å²) in [5.74, 6) is 0. The molecule has 4 nitrogen and oxygen atoms in total. The van der Waals surface area contributed by atoms with Gasteiger partial charge in [0.05, 0.1) is 16.6 Å². The van der Waals surface area contributed by atoms with Gasteiger partial charge in [-0.3, -0.25) is 4.68 Å². The van der Waals surface area contributed by atoms with Crippen LogP contribution in [-0.2, 0) is 16.1 Å². The first-order chi connectivity index (χ1) is 6.48. The van der Waals surface area contributed by atoms with Gasteiger partial charge in [0.25, 0.3) is 9.05 Å². The minimum absolute atomic E-state index is 0.0928. The van der Waals surface area contributed by atoms with Gasteiger partial charge < -0.3 is 0 Å². The maximum Gasteiger partial charge on any atom is 0.261 e. The van der Waals surface area contributed by atoms with Crippen molar-refractivity contribution in [3.05, 3.63) is 24.4 Å². The van der Waals surface area contributed by atoms with Crippen molar-refractivity contribution in [1.29, 1.82) is 0 Å². The summed E-state index contributed by atoms with van der Waals surface area (Å²) in [5, 5.41) is 4.88. The number of halogens is 1. The third kappa shape index (κ3) is 1.49. The van der Waals surface area contributed by atoms with Gasteiger partial charge in [0.15, 0.2) is 0 Å². The molecule has 0 saturated heterocycles. The van der Waals surface area contributed by atoms with Gasteiger partial charge >= 0.3 is 0 Å². The minimum atomic E-state index is -3.66. The molecule has 0 fully saturated rings. The molecule has 2 rings (SSSR count). The monoisotopic (exact) mass is 230 g/mol. The molecular weight excluding hydrogens is 224 g/mol. The van der Waals surface area contributed by atoms with E-state index in [1.165, 1.54) is 12.1 Å². The normalized spacial score (nSPS) is 12.1. The largest absolute Gasteiger partial charge is 0.268 e. The predicted octanol–water partition coefficient (Wildman–Crippen LogP) is 1.50. The second kappa shape index (κ2) is 2.96. The highest BCUT2D eigenvalue weighted by Crippen LogP contribution is 2.20. The molecule has 0 aliphatic rings. The van der Waals surface area contributed by atoms with Crippen molar-refractivity contribution in [2.75, 3.05) is 0 Å². The van der Waals surface area contributed by atoms with Crippen molar-refractivity contribution in [2.45, 2.75) is 4.90 Å². The zero-order chi connectivity index (χ0) is 10.3. The molecule has 6 heteroatoms. The number of hydrogen-bond donors (Lipinski definition) is 0. The number of aromatic nitrogens is 2. The first kappa shape index (κ1) is 9.48. The highest BCUT2D eigenvalue weighted by Gasteiger charge is 2.11.